The lowest BCUT2D eigenvalue weighted by Gasteiger charge is -2.08. The highest BCUT2D eigenvalue weighted by Gasteiger charge is 2.15. The monoisotopic (exact) mass is 440 g/mol. The fraction of sp³-hybridized carbons (Fsp3) is 0.278. The van der Waals surface area contributed by atoms with Crippen molar-refractivity contribution in [1.29, 1.82) is 0 Å². The molecule has 0 spiro atoms. The van der Waals surface area contributed by atoms with Crippen molar-refractivity contribution < 1.29 is 27.6 Å². The van der Waals surface area contributed by atoms with Crippen LogP contribution < -0.4 is 9.46 Å². The van der Waals surface area contributed by atoms with Gasteiger partial charge in [0.1, 0.15) is 5.75 Å². The van der Waals surface area contributed by atoms with Crippen molar-refractivity contribution in [3.05, 3.63) is 58.6 Å². The molecule has 0 bridgehead atoms. The summed E-state index contributed by atoms with van der Waals surface area (Å²) >= 11 is 1.44. The number of esters is 1. The van der Waals surface area contributed by atoms with Gasteiger partial charge in [0.05, 0.1) is 16.4 Å². The number of benzene rings is 2. The molecular weight excluding hydrogens is 420 g/mol. The molecule has 2 rings (SSSR count). The van der Waals surface area contributed by atoms with Gasteiger partial charge in [0.2, 0.25) is 10.0 Å². The van der Waals surface area contributed by atoms with E-state index in [1.54, 1.807) is 31.2 Å². The maximum absolute atomic E-state index is 12.2. The summed E-state index contributed by atoms with van der Waals surface area (Å²) in [4.78, 5) is 22.2. The van der Waals surface area contributed by atoms with E-state index in [-0.39, 0.29) is 23.7 Å². The van der Waals surface area contributed by atoms with Gasteiger partial charge < -0.3 is 9.47 Å². The Labute approximate surface area is 172 Å². The number of nitro benzene ring substituents is 1. The predicted octanol–water partition coefficient (Wildman–Crippen LogP) is 2.61. The number of ether oxygens (including phenoxy) is 2. The van der Waals surface area contributed by atoms with Crippen LogP contribution >= 0.6 is 11.8 Å². The van der Waals surface area contributed by atoms with E-state index in [2.05, 4.69) is 4.72 Å². The van der Waals surface area contributed by atoms with Crippen molar-refractivity contribution in [2.75, 3.05) is 25.5 Å². The van der Waals surface area contributed by atoms with Crippen LogP contribution in [0.4, 0.5) is 5.69 Å². The highest BCUT2D eigenvalue weighted by atomic mass is 32.2. The van der Waals surface area contributed by atoms with Crippen LogP contribution in [0, 0.1) is 10.1 Å². The van der Waals surface area contributed by atoms with E-state index >= 15 is 0 Å². The standard InChI is InChI=1S/C18H20N2O7S2/c1-2-26-18(21)13-27-15-5-7-16(8-6-15)28-12-11-19-29(24,25)17-9-3-14(4-10-17)20(22)23/h3-10,19H,2,11-13H2,1H3. The van der Waals surface area contributed by atoms with Gasteiger partial charge in [-0.15, -0.1) is 11.8 Å². The van der Waals surface area contributed by atoms with Crippen LogP contribution in [0.3, 0.4) is 0 Å². The van der Waals surface area contributed by atoms with E-state index in [9.17, 15) is 23.3 Å². The summed E-state index contributed by atoms with van der Waals surface area (Å²) in [7, 11) is -3.73. The molecule has 1 N–H and O–H groups in total. The third-order valence-corrected chi connectivity index (χ3v) is 6.00. The van der Waals surface area contributed by atoms with E-state index in [0.717, 1.165) is 17.0 Å². The Morgan fingerprint density at radius 2 is 1.79 bits per heavy atom. The van der Waals surface area contributed by atoms with Gasteiger partial charge in [-0.2, -0.15) is 0 Å². The molecule has 0 aliphatic carbocycles. The number of nitrogens with zero attached hydrogens (tertiary/aromatic N) is 1. The number of thioether (sulfide) groups is 1. The fourth-order valence-corrected chi connectivity index (χ4v) is 4.08. The van der Waals surface area contributed by atoms with Crippen LogP contribution in [-0.2, 0) is 19.6 Å². The van der Waals surface area contributed by atoms with E-state index < -0.39 is 20.9 Å². The van der Waals surface area contributed by atoms with Crippen LogP contribution in [-0.4, -0.2) is 44.8 Å². The topological polar surface area (TPSA) is 125 Å². The first-order valence-corrected chi connectivity index (χ1v) is 11.0. The number of hydrogen-bond donors (Lipinski definition) is 1. The van der Waals surface area contributed by atoms with Crippen LogP contribution in [0.5, 0.6) is 5.75 Å². The van der Waals surface area contributed by atoms with E-state index in [1.807, 2.05) is 0 Å². The number of sulfonamides is 1. The Bertz CT molecular complexity index is 930. The van der Waals surface area contributed by atoms with Crippen LogP contribution in [0.1, 0.15) is 6.92 Å². The number of rotatable bonds is 11. The zero-order valence-corrected chi connectivity index (χ0v) is 17.2. The SMILES string of the molecule is CCOC(=O)COc1ccc(SCCNS(=O)(=O)c2ccc([N+](=O)[O-])cc2)cc1. The molecule has 0 aliphatic rings. The Morgan fingerprint density at radius 3 is 2.38 bits per heavy atom. The number of nitro groups is 1. The van der Waals surface area contributed by atoms with Gasteiger partial charge in [-0.25, -0.2) is 17.9 Å². The second kappa shape index (κ2) is 10.8. The molecule has 0 aliphatic heterocycles. The highest BCUT2D eigenvalue weighted by molar-refractivity contribution is 7.99. The average Bonchev–Trinajstić information content (AvgIpc) is 2.71. The summed E-state index contributed by atoms with van der Waals surface area (Å²) in [6.45, 7) is 2.04. The van der Waals surface area contributed by atoms with Gasteiger partial charge in [0.15, 0.2) is 6.61 Å². The zero-order valence-electron chi connectivity index (χ0n) is 15.6. The lowest BCUT2D eigenvalue weighted by Crippen LogP contribution is -2.26. The van der Waals surface area contributed by atoms with Crippen molar-refractivity contribution in [3.8, 4) is 5.75 Å². The number of non-ortho nitro benzene ring substituents is 1. The lowest BCUT2D eigenvalue weighted by atomic mass is 10.3. The molecule has 0 amide bonds. The van der Waals surface area contributed by atoms with E-state index in [4.69, 9.17) is 9.47 Å². The fourth-order valence-electron chi connectivity index (χ4n) is 2.15. The van der Waals surface area contributed by atoms with E-state index in [0.29, 0.717) is 18.1 Å². The molecule has 0 atom stereocenters. The molecule has 156 valence electrons. The van der Waals surface area contributed by atoms with Crippen LogP contribution in [0.15, 0.2) is 58.3 Å². The summed E-state index contributed by atoms with van der Waals surface area (Å²) in [5.41, 5.74) is -0.172. The minimum Gasteiger partial charge on any atom is -0.482 e. The molecule has 11 heteroatoms. The van der Waals surface area contributed by atoms with Gasteiger partial charge in [0.25, 0.3) is 5.69 Å². The van der Waals surface area contributed by atoms with Crippen LogP contribution in [0.2, 0.25) is 0 Å². The molecule has 0 radical (unpaired) electrons. The average molecular weight is 440 g/mol. The Kier molecular flexibility index (Phi) is 8.43. The molecule has 9 nitrogen and oxygen atoms in total. The molecule has 0 saturated carbocycles. The van der Waals surface area contributed by atoms with Crippen molar-refractivity contribution >= 4 is 33.4 Å². The predicted molar refractivity (Wildman–Crippen MR) is 108 cm³/mol. The molecule has 0 aromatic heterocycles. The van der Waals surface area contributed by atoms with Gasteiger partial charge in [0, 0.05) is 29.3 Å². The van der Waals surface area contributed by atoms with Crippen molar-refractivity contribution in [2.24, 2.45) is 0 Å². The maximum atomic E-state index is 12.2. The number of carbonyl (C=O) groups is 1. The number of carbonyl (C=O) groups excluding carboxylic acids is 1. The third kappa shape index (κ3) is 7.37. The number of nitrogens with one attached hydrogen (secondary N) is 1. The van der Waals surface area contributed by atoms with Crippen molar-refractivity contribution in [3.63, 3.8) is 0 Å². The van der Waals surface area contributed by atoms with Crippen molar-refractivity contribution in [1.82, 2.24) is 4.72 Å². The molecule has 0 unspecified atom stereocenters. The van der Waals surface area contributed by atoms with Crippen molar-refractivity contribution in [2.45, 2.75) is 16.7 Å². The maximum Gasteiger partial charge on any atom is 0.344 e. The Morgan fingerprint density at radius 1 is 1.14 bits per heavy atom. The number of hydrogen-bond acceptors (Lipinski definition) is 8. The molecule has 29 heavy (non-hydrogen) atoms. The molecule has 2 aromatic rings. The third-order valence-electron chi connectivity index (χ3n) is 3.51. The van der Waals surface area contributed by atoms with Gasteiger partial charge in [-0.1, -0.05) is 0 Å². The summed E-state index contributed by atoms with van der Waals surface area (Å²) in [5.74, 6) is 0.572. The molecule has 0 heterocycles. The van der Waals surface area contributed by atoms with E-state index in [1.165, 1.54) is 23.9 Å². The quantitative estimate of drug-likeness (QED) is 0.186. The van der Waals surface area contributed by atoms with Gasteiger partial charge in [-0.05, 0) is 43.3 Å². The summed E-state index contributed by atoms with van der Waals surface area (Å²) in [6, 6.07) is 11.7. The summed E-state index contributed by atoms with van der Waals surface area (Å²) in [6.07, 6.45) is 0. The summed E-state index contributed by atoms with van der Waals surface area (Å²) < 4.78 is 36.9. The summed E-state index contributed by atoms with van der Waals surface area (Å²) in [5, 5.41) is 10.6. The first-order valence-electron chi connectivity index (χ1n) is 8.57. The normalized spacial score (nSPS) is 11.1. The molecule has 0 fully saturated rings. The largest absolute Gasteiger partial charge is 0.482 e. The lowest BCUT2D eigenvalue weighted by molar-refractivity contribution is -0.384. The first kappa shape index (κ1) is 22.7. The Hall–Kier alpha value is -2.63. The smallest absolute Gasteiger partial charge is 0.344 e. The molecule has 0 saturated heterocycles. The highest BCUT2D eigenvalue weighted by Crippen LogP contribution is 2.21. The second-order valence-electron chi connectivity index (χ2n) is 5.56. The first-order chi connectivity index (χ1) is 13.8. The van der Waals surface area contributed by atoms with Gasteiger partial charge in [-0.3, -0.25) is 10.1 Å². The minimum atomic E-state index is -3.73. The van der Waals surface area contributed by atoms with Gasteiger partial charge >= 0.3 is 5.97 Å². The second-order valence-corrected chi connectivity index (χ2v) is 8.50. The minimum absolute atomic E-state index is 0.0313. The molecule has 2 aromatic carbocycles. The van der Waals surface area contributed by atoms with Crippen LogP contribution in [0.25, 0.3) is 0 Å². The molecular formula is C18H20N2O7S2. The Balaban J connectivity index is 1.77. The zero-order chi connectivity index (χ0) is 21.3.